The van der Waals surface area contributed by atoms with Crippen LogP contribution in [-0.2, 0) is 0 Å². The van der Waals surface area contributed by atoms with E-state index in [4.69, 9.17) is 0 Å². The van der Waals surface area contributed by atoms with Gasteiger partial charge < -0.3 is 10.4 Å². The predicted molar refractivity (Wildman–Crippen MR) is 62.2 cm³/mol. The van der Waals surface area contributed by atoms with Crippen LogP contribution in [0, 0.1) is 5.82 Å². The van der Waals surface area contributed by atoms with Crippen molar-refractivity contribution in [2.24, 2.45) is 0 Å². The first-order chi connectivity index (χ1) is 7.15. The van der Waals surface area contributed by atoms with Gasteiger partial charge in [0.05, 0.1) is 10.6 Å². The lowest BCUT2D eigenvalue weighted by atomic mass is 10.1. The van der Waals surface area contributed by atoms with Gasteiger partial charge in [-0.05, 0) is 46.6 Å². The Labute approximate surface area is 97.6 Å². The maximum Gasteiger partial charge on any atom is 0.137 e. The molecule has 0 amide bonds. The minimum atomic E-state index is -0.589. The Kier molecular flexibility index (Phi) is 5.22. The van der Waals surface area contributed by atoms with Crippen molar-refractivity contribution in [3.8, 4) is 0 Å². The highest BCUT2D eigenvalue weighted by Crippen LogP contribution is 2.20. The van der Waals surface area contributed by atoms with Gasteiger partial charge >= 0.3 is 0 Å². The van der Waals surface area contributed by atoms with E-state index in [0.717, 1.165) is 13.0 Å². The molecule has 0 heterocycles. The van der Waals surface area contributed by atoms with E-state index < -0.39 is 6.10 Å². The predicted octanol–water partition coefficient (Wildman–Crippen LogP) is 2.62. The third kappa shape index (κ3) is 3.89. The van der Waals surface area contributed by atoms with Crippen LogP contribution < -0.4 is 5.32 Å². The molecule has 4 heteroatoms. The first kappa shape index (κ1) is 12.6. The first-order valence-corrected chi connectivity index (χ1v) is 5.78. The van der Waals surface area contributed by atoms with E-state index in [9.17, 15) is 9.50 Å². The normalized spacial score (nSPS) is 12.8. The Morgan fingerprint density at radius 1 is 1.53 bits per heavy atom. The third-order valence-electron chi connectivity index (χ3n) is 2.09. The molecule has 0 saturated heterocycles. The molecule has 0 fully saturated rings. The van der Waals surface area contributed by atoms with Gasteiger partial charge in [0.2, 0.25) is 0 Å². The van der Waals surface area contributed by atoms with Crippen LogP contribution in [0.25, 0.3) is 0 Å². The standard InChI is InChI=1S/C11H15BrFNO/c1-2-5-14-7-11(15)8-3-4-10(13)9(12)6-8/h3-4,6,11,14-15H,2,5,7H2,1H3. The molecule has 0 spiro atoms. The molecule has 1 atom stereocenters. The maximum absolute atomic E-state index is 12.9. The van der Waals surface area contributed by atoms with E-state index >= 15 is 0 Å². The summed E-state index contributed by atoms with van der Waals surface area (Å²) in [5.74, 6) is -0.313. The van der Waals surface area contributed by atoms with Crippen LogP contribution >= 0.6 is 15.9 Å². The van der Waals surface area contributed by atoms with Crippen molar-refractivity contribution in [3.05, 3.63) is 34.1 Å². The summed E-state index contributed by atoms with van der Waals surface area (Å²) >= 11 is 3.09. The zero-order valence-electron chi connectivity index (χ0n) is 8.63. The fourth-order valence-corrected chi connectivity index (χ4v) is 1.65. The molecular formula is C11H15BrFNO. The van der Waals surface area contributed by atoms with E-state index in [2.05, 4.69) is 28.2 Å². The number of aliphatic hydroxyl groups is 1. The van der Waals surface area contributed by atoms with E-state index in [1.165, 1.54) is 6.07 Å². The summed E-state index contributed by atoms with van der Waals surface area (Å²) < 4.78 is 13.3. The highest BCUT2D eigenvalue weighted by Gasteiger charge is 2.08. The second kappa shape index (κ2) is 6.20. The Bertz CT molecular complexity index is 319. The van der Waals surface area contributed by atoms with Crippen molar-refractivity contribution in [1.29, 1.82) is 0 Å². The number of benzene rings is 1. The number of rotatable bonds is 5. The molecule has 1 rings (SSSR count). The molecule has 2 N–H and O–H groups in total. The van der Waals surface area contributed by atoms with Crippen molar-refractivity contribution in [2.45, 2.75) is 19.4 Å². The summed E-state index contributed by atoms with van der Waals surface area (Å²) in [5.41, 5.74) is 0.715. The smallest absolute Gasteiger partial charge is 0.137 e. The van der Waals surface area contributed by atoms with Gasteiger partial charge in [0.1, 0.15) is 5.82 Å². The molecule has 0 bridgehead atoms. The number of hydrogen-bond donors (Lipinski definition) is 2. The molecular weight excluding hydrogens is 261 g/mol. The van der Waals surface area contributed by atoms with Crippen LogP contribution in [0.4, 0.5) is 4.39 Å². The molecule has 0 aliphatic heterocycles. The lowest BCUT2D eigenvalue weighted by molar-refractivity contribution is 0.175. The molecule has 1 aromatic carbocycles. The average molecular weight is 276 g/mol. The van der Waals surface area contributed by atoms with Gasteiger partial charge in [-0.25, -0.2) is 4.39 Å². The fourth-order valence-electron chi connectivity index (χ4n) is 1.25. The topological polar surface area (TPSA) is 32.3 Å². The highest BCUT2D eigenvalue weighted by molar-refractivity contribution is 9.10. The molecule has 0 radical (unpaired) electrons. The van der Waals surface area contributed by atoms with E-state index in [1.807, 2.05) is 0 Å². The average Bonchev–Trinajstić information content (AvgIpc) is 2.22. The van der Waals surface area contributed by atoms with Gasteiger partial charge in [0.15, 0.2) is 0 Å². The summed E-state index contributed by atoms with van der Waals surface area (Å²) in [4.78, 5) is 0. The van der Waals surface area contributed by atoms with Crippen LogP contribution in [0.15, 0.2) is 22.7 Å². The zero-order valence-corrected chi connectivity index (χ0v) is 10.2. The van der Waals surface area contributed by atoms with E-state index in [-0.39, 0.29) is 5.82 Å². The molecule has 0 aliphatic rings. The first-order valence-electron chi connectivity index (χ1n) is 4.99. The second-order valence-corrected chi connectivity index (χ2v) is 4.25. The fraction of sp³-hybridized carbons (Fsp3) is 0.455. The summed E-state index contributed by atoms with van der Waals surface area (Å²) in [5, 5.41) is 12.9. The Balaban J connectivity index is 2.57. The van der Waals surface area contributed by atoms with Crippen molar-refractivity contribution < 1.29 is 9.50 Å². The van der Waals surface area contributed by atoms with Gasteiger partial charge in [-0.3, -0.25) is 0 Å². The van der Waals surface area contributed by atoms with Gasteiger partial charge in [-0.2, -0.15) is 0 Å². The zero-order chi connectivity index (χ0) is 11.3. The highest BCUT2D eigenvalue weighted by atomic mass is 79.9. The van der Waals surface area contributed by atoms with Crippen LogP contribution in [0.5, 0.6) is 0 Å². The summed E-state index contributed by atoms with van der Waals surface area (Å²) in [7, 11) is 0. The number of hydrogen-bond acceptors (Lipinski definition) is 2. The van der Waals surface area contributed by atoms with Crippen LogP contribution in [0.2, 0.25) is 0 Å². The second-order valence-electron chi connectivity index (χ2n) is 3.39. The monoisotopic (exact) mass is 275 g/mol. The maximum atomic E-state index is 12.9. The minimum absolute atomic E-state index is 0.313. The summed E-state index contributed by atoms with van der Waals surface area (Å²) in [6.07, 6.45) is 0.438. The summed E-state index contributed by atoms with van der Waals surface area (Å²) in [6, 6.07) is 4.55. The molecule has 0 aromatic heterocycles. The van der Waals surface area contributed by atoms with Gasteiger partial charge in [-0.15, -0.1) is 0 Å². The van der Waals surface area contributed by atoms with Crippen molar-refractivity contribution in [1.82, 2.24) is 5.32 Å². The van der Waals surface area contributed by atoms with E-state index in [1.54, 1.807) is 12.1 Å². The van der Waals surface area contributed by atoms with Gasteiger partial charge in [0, 0.05) is 6.54 Å². The van der Waals surface area contributed by atoms with E-state index in [0.29, 0.717) is 16.6 Å². The molecule has 1 aromatic rings. The number of nitrogens with one attached hydrogen (secondary N) is 1. The Morgan fingerprint density at radius 2 is 2.27 bits per heavy atom. The molecule has 0 aliphatic carbocycles. The van der Waals surface area contributed by atoms with Crippen molar-refractivity contribution >= 4 is 15.9 Å². The third-order valence-corrected chi connectivity index (χ3v) is 2.70. The SMILES string of the molecule is CCCNCC(O)c1ccc(F)c(Br)c1. The van der Waals surface area contributed by atoms with Crippen LogP contribution in [0.3, 0.4) is 0 Å². The molecule has 2 nitrogen and oxygen atoms in total. The van der Waals surface area contributed by atoms with Crippen LogP contribution in [-0.4, -0.2) is 18.2 Å². The Hall–Kier alpha value is -0.450. The van der Waals surface area contributed by atoms with Crippen LogP contribution in [0.1, 0.15) is 25.0 Å². The largest absolute Gasteiger partial charge is 0.387 e. The quantitative estimate of drug-likeness (QED) is 0.810. The van der Waals surface area contributed by atoms with Crippen molar-refractivity contribution in [3.63, 3.8) is 0 Å². The lowest BCUT2D eigenvalue weighted by Crippen LogP contribution is -2.22. The molecule has 0 saturated carbocycles. The lowest BCUT2D eigenvalue weighted by Gasteiger charge is -2.12. The number of aliphatic hydroxyl groups excluding tert-OH is 1. The minimum Gasteiger partial charge on any atom is -0.387 e. The van der Waals surface area contributed by atoms with Gasteiger partial charge in [-0.1, -0.05) is 13.0 Å². The molecule has 84 valence electrons. The Morgan fingerprint density at radius 3 is 2.87 bits per heavy atom. The number of halogens is 2. The summed E-state index contributed by atoms with van der Waals surface area (Å²) in [6.45, 7) is 3.43. The van der Waals surface area contributed by atoms with Gasteiger partial charge in [0.25, 0.3) is 0 Å². The van der Waals surface area contributed by atoms with Crippen molar-refractivity contribution in [2.75, 3.05) is 13.1 Å². The molecule has 15 heavy (non-hydrogen) atoms. The molecule has 1 unspecified atom stereocenters.